The molecule has 136 valence electrons. The smallest absolute Gasteiger partial charge is 0.268 e. The average Bonchev–Trinajstić information content (AvgIpc) is 2.65. The van der Waals surface area contributed by atoms with Crippen molar-refractivity contribution in [1.29, 1.82) is 0 Å². The van der Waals surface area contributed by atoms with Gasteiger partial charge in [-0.2, -0.15) is 0 Å². The molecule has 1 saturated heterocycles. The fourth-order valence-electron chi connectivity index (χ4n) is 3.43. The van der Waals surface area contributed by atoms with E-state index in [4.69, 9.17) is 10.5 Å². The molecule has 1 aromatic rings. The van der Waals surface area contributed by atoms with Gasteiger partial charge in [-0.3, -0.25) is 14.5 Å². The van der Waals surface area contributed by atoms with E-state index in [-0.39, 0.29) is 24.4 Å². The number of benzene rings is 1. The van der Waals surface area contributed by atoms with Gasteiger partial charge >= 0.3 is 0 Å². The van der Waals surface area contributed by atoms with E-state index < -0.39 is 6.10 Å². The van der Waals surface area contributed by atoms with Crippen LogP contribution in [0.3, 0.4) is 0 Å². The molecule has 6 nitrogen and oxygen atoms in total. The van der Waals surface area contributed by atoms with Crippen LogP contribution in [0.25, 0.3) is 0 Å². The van der Waals surface area contributed by atoms with E-state index in [1.54, 1.807) is 11.8 Å². The number of piperidine rings is 1. The van der Waals surface area contributed by atoms with Gasteiger partial charge in [-0.05, 0) is 50.3 Å². The zero-order valence-electron chi connectivity index (χ0n) is 15.0. The monoisotopic (exact) mass is 345 g/mol. The topological polar surface area (TPSA) is 75.9 Å². The van der Waals surface area contributed by atoms with E-state index in [0.717, 1.165) is 37.9 Å². The number of hydrogen-bond donors (Lipinski definition) is 1. The lowest BCUT2D eigenvalue weighted by atomic mass is 10.0. The number of ether oxygens (including phenoxy) is 1. The quantitative estimate of drug-likeness (QED) is 0.908. The normalized spacial score (nSPS) is 21.6. The summed E-state index contributed by atoms with van der Waals surface area (Å²) in [5.41, 5.74) is 7.73. The molecule has 25 heavy (non-hydrogen) atoms. The Labute approximate surface area is 148 Å². The molecule has 1 aromatic carbocycles. The van der Waals surface area contributed by atoms with E-state index in [9.17, 15) is 9.59 Å². The third-order valence-electron chi connectivity index (χ3n) is 5.06. The maximum atomic E-state index is 12.7. The number of rotatable bonds is 4. The molecule has 3 rings (SSSR count). The number of carbonyl (C=O) groups is 2. The molecular weight excluding hydrogens is 318 g/mol. The molecule has 0 aromatic heterocycles. The summed E-state index contributed by atoms with van der Waals surface area (Å²) in [4.78, 5) is 28.7. The van der Waals surface area contributed by atoms with Gasteiger partial charge in [-0.1, -0.05) is 13.0 Å². The van der Waals surface area contributed by atoms with Gasteiger partial charge in [-0.25, -0.2) is 0 Å². The summed E-state index contributed by atoms with van der Waals surface area (Å²) in [6, 6.07) is 5.57. The molecule has 0 spiro atoms. The van der Waals surface area contributed by atoms with Crippen LogP contribution < -0.4 is 15.4 Å². The Morgan fingerprint density at radius 2 is 2.04 bits per heavy atom. The zero-order chi connectivity index (χ0) is 18.0. The standard InChI is InChI=1S/C19H27N3O3/c1-3-15(20)14-7-8-17-16(11-14)22(19(24)13(2)25-17)12-18(23)21-9-5-4-6-10-21/h7-8,11,13,15H,3-6,9-10,12,20H2,1-2H3. The number of amides is 2. The molecule has 1 fully saturated rings. The first kappa shape index (κ1) is 17.7. The molecule has 0 saturated carbocycles. The van der Waals surface area contributed by atoms with Crippen LogP contribution in [0.1, 0.15) is 51.1 Å². The van der Waals surface area contributed by atoms with Crippen LogP contribution in [0.4, 0.5) is 5.69 Å². The van der Waals surface area contributed by atoms with Crippen LogP contribution in [0.5, 0.6) is 5.75 Å². The highest BCUT2D eigenvalue weighted by atomic mass is 16.5. The summed E-state index contributed by atoms with van der Waals surface area (Å²) in [6.45, 7) is 5.35. The zero-order valence-corrected chi connectivity index (χ0v) is 15.0. The number of fused-ring (bicyclic) bond motifs is 1. The second-order valence-electron chi connectivity index (χ2n) is 6.87. The van der Waals surface area contributed by atoms with Gasteiger partial charge in [-0.15, -0.1) is 0 Å². The third-order valence-corrected chi connectivity index (χ3v) is 5.06. The van der Waals surface area contributed by atoms with Gasteiger partial charge in [0.05, 0.1) is 5.69 Å². The molecule has 2 unspecified atom stereocenters. The fraction of sp³-hybridized carbons (Fsp3) is 0.579. The van der Waals surface area contributed by atoms with Crippen molar-refractivity contribution in [2.45, 2.75) is 51.7 Å². The molecular formula is C19H27N3O3. The van der Waals surface area contributed by atoms with Crippen LogP contribution in [-0.2, 0) is 9.59 Å². The number of anilines is 1. The third kappa shape index (κ3) is 3.63. The van der Waals surface area contributed by atoms with E-state index in [1.165, 1.54) is 6.42 Å². The predicted molar refractivity (Wildman–Crippen MR) is 96.5 cm³/mol. The molecule has 2 heterocycles. The highest BCUT2D eigenvalue weighted by molar-refractivity contribution is 6.03. The highest BCUT2D eigenvalue weighted by Gasteiger charge is 2.34. The molecule has 2 aliphatic rings. The van der Waals surface area contributed by atoms with Crippen LogP contribution in [0.15, 0.2) is 18.2 Å². The molecule has 0 aliphatic carbocycles. The van der Waals surface area contributed by atoms with Gasteiger partial charge in [0.1, 0.15) is 12.3 Å². The van der Waals surface area contributed by atoms with Crippen molar-refractivity contribution in [2.75, 3.05) is 24.5 Å². The van der Waals surface area contributed by atoms with Gasteiger partial charge in [0.25, 0.3) is 5.91 Å². The summed E-state index contributed by atoms with van der Waals surface area (Å²) >= 11 is 0. The second-order valence-corrected chi connectivity index (χ2v) is 6.87. The van der Waals surface area contributed by atoms with Crippen molar-refractivity contribution in [3.05, 3.63) is 23.8 Å². The highest BCUT2D eigenvalue weighted by Crippen LogP contribution is 2.36. The van der Waals surface area contributed by atoms with Crippen molar-refractivity contribution in [1.82, 2.24) is 4.90 Å². The molecule has 2 N–H and O–H groups in total. The minimum Gasteiger partial charge on any atom is -0.479 e. The second kappa shape index (κ2) is 7.44. The Morgan fingerprint density at radius 1 is 1.32 bits per heavy atom. The maximum Gasteiger partial charge on any atom is 0.268 e. The van der Waals surface area contributed by atoms with E-state index in [1.807, 2.05) is 30.0 Å². The largest absolute Gasteiger partial charge is 0.479 e. The Balaban J connectivity index is 1.87. The number of likely N-dealkylation sites (tertiary alicyclic amines) is 1. The summed E-state index contributed by atoms with van der Waals surface area (Å²) in [7, 11) is 0. The van der Waals surface area contributed by atoms with Crippen LogP contribution in [-0.4, -0.2) is 42.5 Å². The average molecular weight is 345 g/mol. The Morgan fingerprint density at radius 3 is 2.72 bits per heavy atom. The van der Waals surface area contributed by atoms with Crippen molar-refractivity contribution in [3.8, 4) is 5.75 Å². The SMILES string of the molecule is CCC(N)c1ccc2c(c1)N(CC(=O)N1CCCCC1)C(=O)C(C)O2. The predicted octanol–water partition coefficient (Wildman–Crippen LogP) is 2.22. The van der Waals surface area contributed by atoms with E-state index >= 15 is 0 Å². The number of carbonyl (C=O) groups excluding carboxylic acids is 2. The minimum atomic E-state index is -0.590. The fourth-order valence-corrected chi connectivity index (χ4v) is 3.43. The van der Waals surface area contributed by atoms with Crippen molar-refractivity contribution in [3.63, 3.8) is 0 Å². The van der Waals surface area contributed by atoms with Crippen molar-refractivity contribution in [2.24, 2.45) is 5.73 Å². The lowest BCUT2D eigenvalue weighted by molar-refractivity contribution is -0.133. The Hall–Kier alpha value is -2.08. The molecule has 0 radical (unpaired) electrons. The number of nitrogens with zero attached hydrogens (tertiary/aromatic N) is 2. The van der Waals surface area contributed by atoms with E-state index in [2.05, 4.69) is 0 Å². The molecule has 2 amide bonds. The van der Waals surface area contributed by atoms with Crippen LogP contribution in [0, 0.1) is 0 Å². The Bertz CT molecular complexity index is 655. The first-order valence-corrected chi connectivity index (χ1v) is 9.16. The molecule has 0 bridgehead atoms. The summed E-state index contributed by atoms with van der Waals surface area (Å²) < 4.78 is 5.71. The van der Waals surface area contributed by atoms with Crippen LogP contribution >= 0.6 is 0 Å². The van der Waals surface area contributed by atoms with E-state index in [0.29, 0.717) is 11.4 Å². The van der Waals surface area contributed by atoms with Gasteiger partial charge in [0, 0.05) is 19.1 Å². The maximum absolute atomic E-state index is 12.7. The first-order valence-electron chi connectivity index (χ1n) is 9.16. The lowest BCUT2D eigenvalue weighted by Crippen LogP contribution is -2.50. The molecule has 6 heteroatoms. The molecule has 2 atom stereocenters. The lowest BCUT2D eigenvalue weighted by Gasteiger charge is -2.35. The van der Waals surface area contributed by atoms with Gasteiger partial charge in [0.2, 0.25) is 5.91 Å². The number of nitrogens with two attached hydrogens (primary N) is 1. The summed E-state index contributed by atoms with van der Waals surface area (Å²) in [5.74, 6) is 0.448. The summed E-state index contributed by atoms with van der Waals surface area (Å²) in [6.07, 6.45) is 3.44. The minimum absolute atomic E-state index is 0.00158. The van der Waals surface area contributed by atoms with Gasteiger partial charge < -0.3 is 15.4 Å². The number of hydrogen-bond acceptors (Lipinski definition) is 4. The first-order chi connectivity index (χ1) is 12.0. The summed E-state index contributed by atoms with van der Waals surface area (Å²) in [5, 5.41) is 0. The van der Waals surface area contributed by atoms with Crippen molar-refractivity contribution >= 4 is 17.5 Å². The van der Waals surface area contributed by atoms with Crippen LogP contribution in [0.2, 0.25) is 0 Å². The van der Waals surface area contributed by atoms with Crippen molar-refractivity contribution < 1.29 is 14.3 Å². The van der Waals surface area contributed by atoms with Gasteiger partial charge in [0.15, 0.2) is 6.10 Å². The molecule has 2 aliphatic heterocycles. The Kier molecular flexibility index (Phi) is 5.27.